The van der Waals surface area contributed by atoms with Gasteiger partial charge in [-0.2, -0.15) is 4.98 Å². The molecule has 0 saturated carbocycles. The number of carbonyl (C=O) groups excluding carboxylic acids is 1. The van der Waals surface area contributed by atoms with Gasteiger partial charge in [-0.3, -0.25) is 4.79 Å². The smallest absolute Gasteiger partial charge is 0.264 e. The molecule has 0 bridgehead atoms. The molecule has 0 radical (unpaired) electrons. The van der Waals surface area contributed by atoms with Gasteiger partial charge in [0, 0.05) is 30.2 Å². The number of ether oxygens (including phenoxy) is 1. The number of nitrogens with one attached hydrogen (secondary N) is 2. The summed E-state index contributed by atoms with van der Waals surface area (Å²) in [5, 5.41) is 3.15. The molecule has 0 saturated heterocycles. The number of carbonyl (C=O) groups is 1. The standard InChI is InChI=1S/C29H30N4O4S/c1-20-9-7-10-21(2)28(20)26-17-27(37-24(18-30-3)15-22-11-5-4-6-12-22)32-29(31-26)33-38(35,36)25-14-8-13-23(16-25)19-34/h4-14,16-17,19,24,30H,15,18H2,1-3H3,(H,31,32,33)/t24-/m0/s1. The Balaban J connectivity index is 1.74. The molecular formula is C29H30N4O4S. The highest BCUT2D eigenvalue weighted by Crippen LogP contribution is 2.30. The van der Waals surface area contributed by atoms with Gasteiger partial charge in [0.05, 0.1) is 10.6 Å². The van der Waals surface area contributed by atoms with Crippen molar-refractivity contribution in [2.75, 3.05) is 18.3 Å². The molecule has 0 aliphatic rings. The molecule has 9 heteroatoms. The van der Waals surface area contributed by atoms with Crippen LogP contribution in [0.25, 0.3) is 11.3 Å². The Morgan fingerprint density at radius 2 is 1.63 bits per heavy atom. The molecule has 0 spiro atoms. The molecule has 2 N–H and O–H groups in total. The summed E-state index contributed by atoms with van der Waals surface area (Å²) in [7, 11) is -2.23. The van der Waals surface area contributed by atoms with Crippen LogP contribution in [0.3, 0.4) is 0 Å². The second-order valence-electron chi connectivity index (χ2n) is 8.96. The quantitative estimate of drug-likeness (QED) is 0.273. The summed E-state index contributed by atoms with van der Waals surface area (Å²) in [6.45, 7) is 4.50. The van der Waals surface area contributed by atoms with Gasteiger partial charge in [-0.25, -0.2) is 18.1 Å². The number of hydrogen-bond acceptors (Lipinski definition) is 7. The first-order valence-corrected chi connectivity index (χ1v) is 13.7. The third-order valence-corrected chi connectivity index (χ3v) is 7.32. The van der Waals surface area contributed by atoms with Gasteiger partial charge < -0.3 is 10.1 Å². The van der Waals surface area contributed by atoms with Crippen molar-refractivity contribution < 1.29 is 17.9 Å². The Morgan fingerprint density at radius 1 is 0.921 bits per heavy atom. The van der Waals surface area contributed by atoms with Gasteiger partial charge in [0.2, 0.25) is 11.8 Å². The van der Waals surface area contributed by atoms with Crippen molar-refractivity contribution in [1.29, 1.82) is 0 Å². The van der Waals surface area contributed by atoms with Crippen molar-refractivity contribution in [3.63, 3.8) is 0 Å². The highest BCUT2D eigenvalue weighted by Gasteiger charge is 2.20. The Labute approximate surface area is 223 Å². The third-order valence-electron chi connectivity index (χ3n) is 6.00. The van der Waals surface area contributed by atoms with Gasteiger partial charge >= 0.3 is 0 Å². The molecular weight excluding hydrogens is 500 g/mol. The molecule has 1 atom stereocenters. The molecule has 0 fully saturated rings. The van der Waals surface area contributed by atoms with Crippen molar-refractivity contribution in [3.8, 4) is 17.1 Å². The normalized spacial score (nSPS) is 12.1. The third kappa shape index (κ3) is 6.62. The lowest BCUT2D eigenvalue weighted by Gasteiger charge is -2.20. The molecule has 0 aliphatic heterocycles. The average Bonchev–Trinajstić information content (AvgIpc) is 2.89. The van der Waals surface area contributed by atoms with Crippen LogP contribution in [-0.2, 0) is 16.4 Å². The van der Waals surface area contributed by atoms with Gasteiger partial charge in [-0.15, -0.1) is 0 Å². The summed E-state index contributed by atoms with van der Waals surface area (Å²) in [6.07, 6.45) is 0.957. The molecule has 1 heterocycles. The lowest BCUT2D eigenvalue weighted by atomic mass is 10.00. The zero-order chi connectivity index (χ0) is 27.1. The number of rotatable bonds is 11. The van der Waals surface area contributed by atoms with E-state index >= 15 is 0 Å². The molecule has 38 heavy (non-hydrogen) atoms. The zero-order valence-electron chi connectivity index (χ0n) is 21.5. The number of benzene rings is 3. The summed E-state index contributed by atoms with van der Waals surface area (Å²) in [5.74, 6) is 0.118. The van der Waals surface area contributed by atoms with E-state index in [9.17, 15) is 13.2 Å². The number of aldehydes is 1. The first-order chi connectivity index (χ1) is 18.3. The van der Waals surface area contributed by atoms with Crippen molar-refractivity contribution in [2.24, 2.45) is 0 Å². The van der Waals surface area contributed by atoms with E-state index in [1.54, 1.807) is 6.07 Å². The van der Waals surface area contributed by atoms with Gasteiger partial charge in [0.15, 0.2) is 0 Å². The lowest BCUT2D eigenvalue weighted by molar-refractivity contribution is 0.112. The van der Waals surface area contributed by atoms with Crippen molar-refractivity contribution in [3.05, 3.63) is 101 Å². The molecule has 0 unspecified atom stereocenters. The van der Waals surface area contributed by atoms with Crippen molar-refractivity contribution >= 4 is 22.3 Å². The summed E-state index contributed by atoms with van der Waals surface area (Å²) < 4.78 is 35.1. The lowest BCUT2D eigenvalue weighted by Crippen LogP contribution is -2.31. The van der Waals surface area contributed by atoms with Gasteiger partial charge in [0.1, 0.15) is 12.4 Å². The highest BCUT2D eigenvalue weighted by atomic mass is 32.2. The number of aryl methyl sites for hydroxylation is 2. The van der Waals surface area contributed by atoms with E-state index in [0.717, 1.165) is 22.3 Å². The predicted octanol–water partition coefficient (Wildman–Crippen LogP) is 4.58. The fourth-order valence-electron chi connectivity index (χ4n) is 4.24. The summed E-state index contributed by atoms with van der Waals surface area (Å²) in [5.41, 5.74) is 4.73. The predicted molar refractivity (Wildman–Crippen MR) is 148 cm³/mol. The Morgan fingerprint density at radius 3 is 2.32 bits per heavy atom. The summed E-state index contributed by atoms with van der Waals surface area (Å²) in [4.78, 5) is 20.1. The maximum Gasteiger partial charge on any atom is 0.264 e. The van der Waals surface area contributed by atoms with Crippen LogP contribution < -0.4 is 14.8 Å². The Hall–Kier alpha value is -4.08. The number of nitrogens with zero attached hydrogens (tertiary/aromatic N) is 2. The monoisotopic (exact) mass is 530 g/mol. The number of anilines is 1. The highest BCUT2D eigenvalue weighted by molar-refractivity contribution is 7.92. The fourth-order valence-corrected chi connectivity index (χ4v) is 5.24. The molecule has 1 aromatic heterocycles. The minimum absolute atomic E-state index is 0.0669. The number of sulfonamides is 1. The maximum atomic E-state index is 13.2. The molecule has 0 amide bonds. The number of aromatic nitrogens is 2. The Bertz CT molecular complexity index is 1500. The first-order valence-electron chi connectivity index (χ1n) is 12.2. The van der Waals surface area contributed by atoms with E-state index in [-0.39, 0.29) is 28.4 Å². The van der Waals surface area contributed by atoms with Crippen molar-refractivity contribution in [1.82, 2.24) is 15.3 Å². The molecule has 4 rings (SSSR count). The second kappa shape index (κ2) is 12.0. The van der Waals surface area contributed by atoms with Gasteiger partial charge in [0.25, 0.3) is 10.0 Å². The van der Waals surface area contributed by atoms with E-state index in [4.69, 9.17) is 4.74 Å². The van der Waals surface area contributed by atoms with Crippen LogP contribution in [0.1, 0.15) is 27.0 Å². The largest absolute Gasteiger partial charge is 0.473 e. The molecule has 3 aromatic carbocycles. The SMILES string of the molecule is CNC[C@H](Cc1ccccc1)Oc1cc(-c2c(C)cccc2C)nc(NS(=O)(=O)c2cccc(C=O)c2)n1. The fraction of sp³-hybridized carbons (Fsp3) is 0.207. The number of hydrogen-bond donors (Lipinski definition) is 2. The second-order valence-corrected chi connectivity index (χ2v) is 10.6. The molecule has 4 aromatic rings. The average molecular weight is 531 g/mol. The minimum Gasteiger partial charge on any atom is -0.473 e. The Kier molecular flexibility index (Phi) is 8.50. The van der Waals surface area contributed by atoms with Crippen LogP contribution >= 0.6 is 0 Å². The van der Waals surface area contributed by atoms with Crippen LogP contribution in [-0.4, -0.2) is 44.4 Å². The topological polar surface area (TPSA) is 110 Å². The zero-order valence-corrected chi connectivity index (χ0v) is 22.3. The summed E-state index contributed by atoms with van der Waals surface area (Å²) in [6, 6.07) is 23.3. The molecule has 196 valence electrons. The van der Waals surface area contributed by atoms with E-state index < -0.39 is 10.0 Å². The first kappa shape index (κ1) is 27.0. The number of likely N-dealkylation sites (N-methyl/N-ethyl adjacent to an activating group) is 1. The van der Waals surface area contributed by atoms with Crippen LogP contribution in [0, 0.1) is 13.8 Å². The van der Waals surface area contributed by atoms with E-state index in [0.29, 0.717) is 24.9 Å². The summed E-state index contributed by atoms with van der Waals surface area (Å²) >= 11 is 0. The van der Waals surface area contributed by atoms with Crippen LogP contribution in [0.4, 0.5) is 5.95 Å². The van der Waals surface area contributed by atoms with E-state index in [2.05, 4.69) is 20.0 Å². The van der Waals surface area contributed by atoms with Crippen LogP contribution in [0.15, 0.2) is 83.8 Å². The van der Waals surface area contributed by atoms with E-state index in [1.165, 1.54) is 24.3 Å². The van der Waals surface area contributed by atoms with Gasteiger partial charge in [-0.05, 0) is 49.7 Å². The van der Waals surface area contributed by atoms with E-state index in [1.807, 2.05) is 69.4 Å². The van der Waals surface area contributed by atoms with Crippen molar-refractivity contribution in [2.45, 2.75) is 31.3 Å². The molecule has 0 aliphatic carbocycles. The molecule has 8 nitrogen and oxygen atoms in total. The van der Waals surface area contributed by atoms with Gasteiger partial charge in [-0.1, -0.05) is 60.7 Å². The maximum absolute atomic E-state index is 13.2. The minimum atomic E-state index is -4.07. The van der Waals surface area contributed by atoms with Crippen LogP contribution in [0.5, 0.6) is 5.88 Å². The van der Waals surface area contributed by atoms with Crippen LogP contribution in [0.2, 0.25) is 0 Å².